The van der Waals surface area contributed by atoms with Gasteiger partial charge in [0.05, 0.1) is 12.1 Å². The van der Waals surface area contributed by atoms with Crippen molar-refractivity contribution in [3.8, 4) is 5.75 Å². The minimum atomic E-state index is 0.00449. The molecule has 20 heavy (non-hydrogen) atoms. The quantitative estimate of drug-likeness (QED) is 0.772. The molecule has 0 spiro atoms. The summed E-state index contributed by atoms with van der Waals surface area (Å²) >= 11 is 5.94. The van der Waals surface area contributed by atoms with Crippen molar-refractivity contribution in [3.63, 3.8) is 0 Å². The number of anilines is 1. The van der Waals surface area contributed by atoms with Crippen LogP contribution in [0.3, 0.4) is 0 Å². The first kappa shape index (κ1) is 16.8. The molecule has 5 heteroatoms. The second kappa shape index (κ2) is 8.82. The zero-order valence-electron chi connectivity index (χ0n) is 12.1. The topological polar surface area (TPSA) is 64.4 Å². The van der Waals surface area contributed by atoms with E-state index in [1.807, 2.05) is 0 Å². The summed E-state index contributed by atoms with van der Waals surface area (Å²) in [5, 5.41) is 3.38. The fraction of sp³-hybridized carbons (Fsp3) is 0.533. The van der Waals surface area contributed by atoms with E-state index < -0.39 is 0 Å². The first-order valence-electron chi connectivity index (χ1n) is 6.94. The molecule has 1 atom stereocenters. The van der Waals surface area contributed by atoms with Gasteiger partial charge in [0, 0.05) is 18.2 Å². The second-order valence-corrected chi connectivity index (χ2v) is 5.20. The number of benzene rings is 1. The van der Waals surface area contributed by atoms with Crippen LogP contribution in [-0.4, -0.2) is 19.6 Å². The molecule has 0 saturated heterocycles. The summed E-state index contributed by atoms with van der Waals surface area (Å²) in [5.74, 6) is 1.08. The van der Waals surface area contributed by atoms with Crippen molar-refractivity contribution in [2.24, 2.45) is 11.7 Å². The van der Waals surface area contributed by atoms with E-state index in [0.29, 0.717) is 35.3 Å². The number of halogens is 1. The standard InChI is InChI=1S/C15H23ClN2O2/c1-3-11(8-9-17)4-7-15(19)18-12-5-6-13(16)14(10-12)20-2/h5-6,10-11H,3-4,7-9,17H2,1-2H3,(H,18,19). The lowest BCUT2D eigenvalue weighted by atomic mass is 9.96. The monoisotopic (exact) mass is 298 g/mol. The summed E-state index contributed by atoms with van der Waals surface area (Å²) in [4.78, 5) is 11.9. The van der Waals surface area contributed by atoms with E-state index in [9.17, 15) is 4.79 Å². The van der Waals surface area contributed by atoms with Gasteiger partial charge in [0.25, 0.3) is 0 Å². The first-order chi connectivity index (χ1) is 9.60. The van der Waals surface area contributed by atoms with Crippen LogP contribution in [0.15, 0.2) is 18.2 Å². The molecule has 0 heterocycles. The van der Waals surface area contributed by atoms with E-state index in [0.717, 1.165) is 19.3 Å². The van der Waals surface area contributed by atoms with Crippen molar-refractivity contribution in [2.75, 3.05) is 19.0 Å². The molecule has 0 radical (unpaired) electrons. The van der Waals surface area contributed by atoms with Gasteiger partial charge in [-0.25, -0.2) is 0 Å². The van der Waals surface area contributed by atoms with Crippen LogP contribution < -0.4 is 15.8 Å². The van der Waals surface area contributed by atoms with Gasteiger partial charge < -0.3 is 15.8 Å². The highest BCUT2D eigenvalue weighted by Crippen LogP contribution is 2.27. The van der Waals surface area contributed by atoms with Crippen LogP contribution in [0.2, 0.25) is 5.02 Å². The van der Waals surface area contributed by atoms with Crippen LogP contribution in [0.5, 0.6) is 5.75 Å². The number of amides is 1. The Morgan fingerprint density at radius 2 is 2.20 bits per heavy atom. The molecule has 1 aromatic rings. The lowest BCUT2D eigenvalue weighted by molar-refractivity contribution is -0.116. The Balaban J connectivity index is 2.49. The third kappa shape index (κ3) is 5.39. The predicted molar refractivity (Wildman–Crippen MR) is 83.3 cm³/mol. The highest BCUT2D eigenvalue weighted by Gasteiger charge is 2.10. The molecule has 1 unspecified atom stereocenters. The molecular formula is C15H23ClN2O2. The van der Waals surface area contributed by atoms with Gasteiger partial charge in [-0.05, 0) is 37.4 Å². The van der Waals surface area contributed by atoms with Crippen LogP contribution in [0, 0.1) is 5.92 Å². The maximum absolute atomic E-state index is 11.9. The van der Waals surface area contributed by atoms with E-state index in [-0.39, 0.29) is 5.91 Å². The second-order valence-electron chi connectivity index (χ2n) is 4.79. The summed E-state index contributed by atoms with van der Waals surface area (Å²) < 4.78 is 5.12. The summed E-state index contributed by atoms with van der Waals surface area (Å²) in [6.45, 7) is 2.80. The molecule has 1 rings (SSSR count). The minimum Gasteiger partial charge on any atom is -0.495 e. The lowest BCUT2D eigenvalue weighted by Gasteiger charge is -2.13. The Kier molecular flexibility index (Phi) is 7.41. The highest BCUT2D eigenvalue weighted by molar-refractivity contribution is 6.32. The summed E-state index contributed by atoms with van der Waals surface area (Å²) in [5.41, 5.74) is 6.25. The highest BCUT2D eigenvalue weighted by atomic mass is 35.5. The third-order valence-electron chi connectivity index (χ3n) is 3.37. The smallest absolute Gasteiger partial charge is 0.224 e. The Labute approximate surface area is 125 Å². The Morgan fingerprint density at radius 3 is 2.80 bits per heavy atom. The average Bonchev–Trinajstić information content (AvgIpc) is 2.45. The molecular weight excluding hydrogens is 276 g/mol. The van der Waals surface area contributed by atoms with E-state index >= 15 is 0 Å². The fourth-order valence-electron chi connectivity index (χ4n) is 2.08. The summed E-state index contributed by atoms with van der Waals surface area (Å²) in [7, 11) is 1.55. The van der Waals surface area contributed by atoms with Crippen molar-refractivity contribution in [1.29, 1.82) is 0 Å². The molecule has 3 N–H and O–H groups in total. The predicted octanol–water partition coefficient (Wildman–Crippen LogP) is 3.44. The van der Waals surface area contributed by atoms with E-state index in [1.54, 1.807) is 25.3 Å². The minimum absolute atomic E-state index is 0.00449. The molecule has 0 saturated carbocycles. The number of methoxy groups -OCH3 is 1. The molecule has 0 aromatic heterocycles. The lowest BCUT2D eigenvalue weighted by Crippen LogP contribution is -2.15. The zero-order valence-corrected chi connectivity index (χ0v) is 12.9. The molecule has 0 bridgehead atoms. The summed E-state index contributed by atoms with van der Waals surface area (Å²) in [6.07, 6.45) is 3.39. The number of hydrogen-bond donors (Lipinski definition) is 2. The molecule has 1 aromatic carbocycles. The van der Waals surface area contributed by atoms with Gasteiger partial charge in [-0.15, -0.1) is 0 Å². The Morgan fingerprint density at radius 1 is 1.45 bits per heavy atom. The van der Waals surface area contributed by atoms with Crippen molar-refractivity contribution in [2.45, 2.75) is 32.6 Å². The third-order valence-corrected chi connectivity index (χ3v) is 3.68. The number of carbonyl (C=O) groups is 1. The van der Waals surface area contributed by atoms with Crippen LogP contribution in [0.25, 0.3) is 0 Å². The van der Waals surface area contributed by atoms with Crippen molar-refractivity contribution >= 4 is 23.2 Å². The molecule has 0 aliphatic carbocycles. The maximum atomic E-state index is 11.9. The van der Waals surface area contributed by atoms with Crippen molar-refractivity contribution in [3.05, 3.63) is 23.2 Å². The van der Waals surface area contributed by atoms with Gasteiger partial charge in [-0.1, -0.05) is 24.9 Å². The fourth-order valence-corrected chi connectivity index (χ4v) is 2.28. The van der Waals surface area contributed by atoms with Gasteiger partial charge in [0.15, 0.2) is 0 Å². The number of nitrogens with one attached hydrogen (secondary N) is 1. The van der Waals surface area contributed by atoms with E-state index in [1.165, 1.54) is 0 Å². The van der Waals surface area contributed by atoms with Crippen molar-refractivity contribution in [1.82, 2.24) is 0 Å². The molecule has 4 nitrogen and oxygen atoms in total. The van der Waals surface area contributed by atoms with Gasteiger partial charge >= 0.3 is 0 Å². The number of carbonyl (C=O) groups excluding carboxylic acids is 1. The maximum Gasteiger partial charge on any atom is 0.224 e. The first-order valence-corrected chi connectivity index (χ1v) is 7.32. The number of rotatable bonds is 8. The number of hydrogen-bond acceptors (Lipinski definition) is 3. The molecule has 0 aliphatic rings. The van der Waals surface area contributed by atoms with E-state index in [2.05, 4.69) is 12.2 Å². The zero-order chi connectivity index (χ0) is 15.0. The summed E-state index contributed by atoms with van der Waals surface area (Å²) in [6, 6.07) is 5.19. The molecule has 0 aliphatic heterocycles. The number of nitrogens with two attached hydrogens (primary N) is 1. The molecule has 0 fully saturated rings. The van der Waals surface area contributed by atoms with Crippen LogP contribution in [0.4, 0.5) is 5.69 Å². The van der Waals surface area contributed by atoms with Crippen molar-refractivity contribution < 1.29 is 9.53 Å². The molecule has 1 amide bonds. The SMILES string of the molecule is CCC(CCN)CCC(=O)Nc1ccc(Cl)c(OC)c1. The van der Waals surface area contributed by atoms with Gasteiger partial charge in [0.1, 0.15) is 5.75 Å². The normalized spacial score (nSPS) is 12.0. The average molecular weight is 299 g/mol. The van der Waals surface area contributed by atoms with Crippen LogP contribution >= 0.6 is 11.6 Å². The van der Waals surface area contributed by atoms with E-state index in [4.69, 9.17) is 22.1 Å². The van der Waals surface area contributed by atoms with Crippen LogP contribution in [-0.2, 0) is 4.79 Å². The Bertz CT molecular complexity index is 438. The van der Waals surface area contributed by atoms with Gasteiger partial charge in [-0.2, -0.15) is 0 Å². The largest absolute Gasteiger partial charge is 0.495 e. The number of ether oxygens (including phenoxy) is 1. The van der Waals surface area contributed by atoms with Crippen LogP contribution in [0.1, 0.15) is 32.6 Å². The molecule has 112 valence electrons. The van der Waals surface area contributed by atoms with Gasteiger partial charge in [0.2, 0.25) is 5.91 Å². The Hall–Kier alpha value is -1.26. The van der Waals surface area contributed by atoms with Gasteiger partial charge in [-0.3, -0.25) is 4.79 Å².